The highest BCUT2D eigenvalue weighted by atomic mass is 79.9. The van der Waals surface area contributed by atoms with Gasteiger partial charge in [-0.15, -0.1) is 0 Å². The Hall–Kier alpha value is -0.860. The minimum Gasteiger partial charge on any atom is -0.265 e. The molecule has 2 aromatic rings. The summed E-state index contributed by atoms with van der Waals surface area (Å²) in [5.41, 5.74) is 2.51. The van der Waals surface area contributed by atoms with Gasteiger partial charge in [-0.25, -0.2) is 0 Å². The monoisotopic (exact) mass is 309 g/mol. The normalized spacial score (nSPS) is 14.3. The van der Waals surface area contributed by atoms with E-state index in [0.29, 0.717) is 5.92 Å². The summed E-state index contributed by atoms with van der Waals surface area (Å²) in [6, 6.07) is 12.1. The van der Waals surface area contributed by atoms with E-state index in [1.165, 1.54) is 11.1 Å². The van der Waals surface area contributed by atoms with Crippen molar-refractivity contribution in [1.82, 2.24) is 4.98 Å². The molecular formula is C14H13BrClN. The lowest BCUT2D eigenvalue weighted by Crippen LogP contribution is -2.02. The van der Waals surface area contributed by atoms with Gasteiger partial charge in [-0.3, -0.25) is 4.98 Å². The molecule has 0 radical (unpaired) electrons. The summed E-state index contributed by atoms with van der Waals surface area (Å²) in [7, 11) is 0. The summed E-state index contributed by atoms with van der Waals surface area (Å²) in [5, 5.41) is 0.769. The van der Waals surface area contributed by atoms with Crippen LogP contribution in [0.5, 0.6) is 0 Å². The first-order valence-corrected chi connectivity index (χ1v) is 6.77. The van der Waals surface area contributed by atoms with E-state index in [4.69, 9.17) is 11.6 Å². The van der Waals surface area contributed by atoms with Crippen molar-refractivity contribution in [3.05, 3.63) is 64.9 Å². The Bertz CT molecular complexity index is 469. The van der Waals surface area contributed by atoms with Crippen LogP contribution in [0.15, 0.2) is 48.8 Å². The highest BCUT2D eigenvalue weighted by Gasteiger charge is 2.17. The number of nitrogens with zero attached hydrogens (tertiary/aromatic N) is 1. The van der Waals surface area contributed by atoms with Crippen molar-refractivity contribution in [2.75, 3.05) is 0 Å². The van der Waals surface area contributed by atoms with Gasteiger partial charge in [0.05, 0.1) is 0 Å². The highest BCUT2D eigenvalue weighted by molar-refractivity contribution is 9.09. The molecule has 1 aromatic carbocycles. The van der Waals surface area contributed by atoms with Gasteiger partial charge in [0.1, 0.15) is 0 Å². The van der Waals surface area contributed by atoms with Gasteiger partial charge in [0, 0.05) is 22.2 Å². The summed E-state index contributed by atoms with van der Waals surface area (Å²) < 4.78 is 0. The first-order chi connectivity index (χ1) is 8.18. The Balaban J connectivity index is 2.20. The molecule has 88 valence electrons. The molecule has 0 saturated heterocycles. The lowest BCUT2D eigenvalue weighted by Gasteiger charge is -2.19. The van der Waals surface area contributed by atoms with Crippen LogP contribution < -0.4 is 0 Å². The highest BCUT2D eigenvalue weighted by Crippen LogP contribution is 2.37. The SMILES string of the molecule is CC(c1ccncc1)C(Br)c1ccc(Cl)cc1. The van der Waals surface area contributed by atoms with Gasteiger partial charge in [0.25, 0.3) is 0 Å². The minimum absolute atomic E-state index is 0.280. The fraction of sp³-hybridized carbons (Fsp3) is 0.214. The molecule has 0 spiro atoms. The van der Waals surface area contributed by atoms with E-state index in [0.717, 1.165) is 5.02 Å². The maximum atomic E-state index is 5.89. The fourth-order valence-electron chi connectivity index (χ4n) is 1.77. The lowest BCUT2D eigenvalue weighted by molar-refractivity contribution is 0.750. The van der Waals surface area contributed by atoms with Crippen LogP contribution in [0, 0.1) is 0 Å². The van der Waals surface area contributed by atoms with Gasteiger partial charge in [0.15, 0.2) is 0 Å². The molecular weight excluding hydrogens is 298 g/mol. The zero-order valence-corrected chi connectivity index (χ0v) is 11.8. The van der Waals surface area contributed by atoms with Crippen molar-refractivity contribution >= 4 is 27.5 Å². The number of rotatable bonds is 3. The summed E-state index contributed by atoms with van der Waals surface area (Å²) in [6.07, 6.45) is 3.65. The Morgan fingerprint density at radius 3 is 2.18 bits per heavy atom. The number of pyridine rings is 1. The third kappa shape index (κ3) is 3.08. The van der Waals surface area contributed by atoms with Crippen molar-refractivity contribution < 1.29 is 0 Å². The average molecular weight is 311 g/mol. The number of hydrogen-bond donors (Lipinski definition) is 0. The molecule has 0 aliphatic heterocycles. The van der Waals surface area contributed by atoms with Gasteiger partial charge in [-0.2, -0.15) is 0 Å². The van der Waals surface area contributed by atoms with E-state index in [1.807, 2.05) is 24.5 Å². The summed E-state index contributed by atoms with van der Waals surface area (Å²) in [6.45, 7) is 2.20. The van der Waals surface area contributed by atoms with Crippen LogP contribution in [0.2, 0.25) is 5.02 Å². The van der Waals surface area contributed by atoms with E-state index < -0.39 is 0 Å². The Kier molecular flexibility index (Phi) is 4.19. The zero-order valence-electron chi connectivity index (χ0n) is 9.48. The van der Waals surface area contributed by atoms with E-state index in [2.05, 4.69) is 52.1 Å². The van der Waals surface area contributed by atoms with Gasteiger partial charge < -0.3 is 0 Å². The molecule has 2 atom stereocenters. The molecule has 0 saturated carbocycles. The number of hydrogen-bond acceptors (Lipinski definition) is 1. The molecule has 0 aliphatic rings. The van der Waals surface area contributed by atoms with Crippen LogP contribution in [-0.4, -0.2) is 4.98 Å². The zero-order chi connectivity index (χ0) is 12.3. The third-order valence-corrected chi connectivity index (χ3v) is 4.43. The largest absolute Gasteiger partial charge is 0.265 e. The van der Waals surface area contributed by atoms with E-state index in [9.17, 15) is 0 Å². The van der Waals surface area contributed by atoms with Crippen molar-refractivity contribution in [3.8, 4) is 0 Å². The molecule has 0 bridgehead atoms. The molecule has 0 amide bonds. The maximum Gasteiger partial charge on any atom is 0.0461 e. The van der Waals surface area contributed by atoms with Crippen LogP contribution in [0.4, 0.5) is 0 Å². The average Bonchev–Trinajstić information content (AvgIpc) is 2.39. The van der Waals surface area contributed by atoms with Crippen LogP contribution >= 0.6 is 27.5 Å². The fourth-order valence-corrected chi connectivity index (χ4v) is 2.51. The Morgan fingerprint density at radius 2 is 1.59 bits per heavy atom. The van der Waals surface area contributed by atoms with E-state index in [1.54, 1.807) is 0 Å². The Labute approximate surface area is 115 Å². The smallest absolute Gasteiger partial charge is 0.0461 e. The standard InChI is InChI=1S/C14H13BrClN/c1-10(11-6-8-17-9-7-11)14(15)12-2-4-13(16)5-3-12/h2-10,14H,1H3. The summed E-state index contributed by atoms with van der Waals surface area (Å²) >= 11 is 9.64. The Morgan fingerprint density at radius 1 is 1.00 bits per heavy atom. The minimum atomic E-state index is 0.280. The molecule has 0 N–H and O–H groups in total. The van der Waals surface area contributed by atoms with Crippen molar-refractivity contribution in [2.45, 2.75) is 17.7 Å². The first kappa shape index (κ1) is 12.6. The van der Waals surface area contributed by atoms with Crippen molar-refractivity contribution in [2.24, 2.45) is 0 Å². The predicted molar refractivity (Wildman–Crippen MR) is 75.8 cm³/mol. The van der Waals surface area contributed by atoms with Crippen LogP contribution in [-0.2, 0) is 0 Å². The molecule has 3 heteroatoms. The van der Waals surface area contributed by atoms with Gasteiger partial charge >= 0.3 is 0 Å². The second kappa shape index (κ2) is 5.65. The van der Waals surface area contributed by atoms with E-state index in [-0.39, 0.29) is 4.83 Å². The molecule has 2 unspecified atom stereocenters. The lowest BCUT2D eigenvalue weighted by atomic mass is 9.94. The number of benzene rings is 1. The van der Waals surface area contributed by atoms with Gasteiger partial charge in [-0.05, 0) is 41.3 Å². The van der Waals surface area contributed by atoms with Crippen LogP contribution in [0.3, 0.4) is 0 Å². The molecule has 1 nitrogen and oxygen atoms in total. The quantitative estimate of drug-likeness (QED) is 0.729. The maximum absolute atomic E-state index is 5.89. The topological polar surface area (TPSA) is 12.9 Å². The molecule has 1 heterocycles. The molecule has 2 rings (SSSR count). The molecule has 0 fully saturated rings. The summed E-state index contributed by atoms with van der Waals surface area (Å²) in [5.74, 6) is 0.388. The number of halogens is 2. The number of alkyl halides is 1. The van der Waals surface area contributed by atoms with Crippen molar-refractivity contribution in [1.29, 1.82) is 0 Å². The van der Waals surface area contributed by atoms with Crippen LogP contribution in [0.25, 0.3) is 0 Å². The molecule has 0 aliphatic carbocycles. The predicted octanol–water partition coefficient (Wildman–Crippen LogP) is 4.97. The third-order valence-electron chi connectivity index (χ3n) is 2.86. The molecule has 1 aromatic heterocycles. The number of aromatic nitrogens is 1. The first-order valence-electron chi connectivity index (χ1n) is 5.48. The van der Waals surface area contributed by atoms with Gasteiger partial charge in [-0.1, -0.05) is 46.6 Å². The van der Waals surface area contributed by atoms with Crippen molar-refractivity contribution in [3.63, 3.8) is 0 Å². The second-order valence-corrected chi connectivity index (χ2v) is 5.45. The molecule has 17 heavy (non-hydrogen) atoms. The summed E-state index contributed by atoms with van der Waals surface area (Å²) in [4.78, 5) is 4.32. The van der Waals surface area contributed by atoms with E-state index >= 15 is 0 Å². The van der Waals surface area contributed by atoms with Gasteiger partial charge in [0.2, 0.25) is 0 Å². The van der Waals surface area contributed by atoms with Crippen LogP contribution in [0.1, 0.15) is 28.8 Å². The second-order valence-electron chi connectivity index (χ2n) is 4.02.